The first-order valence-electron chi connectivity index (χ1n) is 11.9. The third-order valence-corrected chi connectivity index (χ3v) is 5.66. The molecule has 0 bridgehead atoms. The van der Waals surface area contributed by atoms with Gasteiger partial charge in [-0.15, -0.1) is 0 Å². The average molecular weight is 417 g/mol. The summed E-state index contributed by atoms with van der Waals surface area (Å²) in [5.41, 5.74) is 4.99. The Kier molecular flexibility index (Phi) is 9.56. The van der Waals surface area contributed by atoms with Gasteiger partial charge in [-0.25, -0.2) is 9.97 Å². The van der Waals surface area contributed by atoms with Gasteiger partial charge in [-0.05, 0) is 42.4 Å². The number of aryl methyl sites for hydroxylation is 2. The lowest BCUT2D eigenvalue weighted by Crippen LogP contribution is -1.98. The molecule has 0 radical (unpaired) electrons. The van der Waals surface area contributed by atoms with Gasteiger partial charge >= 0.3 is 0 Å². The molecule has 164 valence electrons. The summed E-state index contributed by atoms with van der Waals surface area (Å²) in [6.07, 6.45) is 14.8. The zero-order valence-corrected chi connectivity index (χ0v) is 19.1. The second-order valence-corrected chi connectivity index (χ2v) is 8.31. The Hall–Kier alpha value is -2.68. The molecule has 0 aliphatic heterocycles. The van der Waals surface area contributed by atoms with Crippen molar-refractivity contribution in [2.24, 2.45) is 0 Å². The van der Waals surface area contributed by atoms with E-state index < -0.39 is 0 Å². The summed E-state index contributed by atoms with van der Waals surface area (Å²) in [5.74, 6) is 1.43. The lowest BCUT2D eigenvalue weighted by atomic mass is 10.0. The molecule has 3 aromatic rings. The number of ether oxygens (including phenoxy) is 1. The third kappa shape index (κ3) is 7.82. The van der Waals surface area contributed by atoms with Crippen molar-refractivity contribution in [1.82, 2.24) is 9.97 Å². The van der Waals surface area contributed by atoms with Crippen molar-refractivity contribution in [2.75, 3.05) is 0 Å². The van der Waals surface area contributed by atoms with Gasteiger partial charge < -0.3 is 4.74 Å². The van der Waals surface area contributed by atoms with Crippen LogP contribution in [0.3, 0.4) is 0 Å². The van der Waals surface area contributed by atoms with Crippen LogP contribution < -0.4 is 4.74 Å². The number of aromatic nitrogens is 2. The highest BCUT2D eigenvalue weighted by Gasteiger charge is 2.04. The Morgan fingerprint density at radius 1 is 0.613 bits per heavy atom. The highest BCUT2D eigenvalue weighted by Crippen LogP contribution is 2.19. The SMILES string of the molecule is CCCCCCc1ccc(-c2ncc(OCc3ccc(CCCCC)cc3)cn2)cc1. The largest absolute Gasteiger partial charge is 0.486 e. The average Bonchev–Trinajstić information content (AvgIpc) is 2.82. The molecule has 1 heterocycles. The van der Waals surface area contributed by atoms with Crippen molar-refractivity contribution in [1.29, 1.82) is 0 Å². The number of unbranched alkanes of at least 4 members (excludes halogenated alkanes) is 5. The lowest BCUT2D eigenvalue weighted by Gasteiger charge is -2.08. The van der Waals surface area contributed by atoms with Gasteiger partial charge in [0.15, 0.2) is 11.6 Å². The van der Waals surface area contributed by atoms with Gasteiger partial charge in [0, 0.05) is 5.56 Å². The van der Waals surface area contributed by atoms with Crippen LogP contribution in [0.1, 0.15) is 75.5 Å². The molecule has 0 amide bonds. The third-order valence-electron chi connectivity index (χ3n) is 5.66. The van der Waals surface area contributed by atoms with Crippen molar-refractivity contribution in [2.45, 2.75) is 78.2 Å². The molecular formula is C28H36N2O. The molecule has 0 saturated heterocycles. The summed E-state index contributed by atoms with van der Waals surface area (Å²) in [4.78, 5) is 8.99. The van der Waals surface area contributed by atoms with E-state index >= 15 is 0 Å². The van der Waals surface area contributed by atoms with E-state index in [0.29, 0.717) is 12.4 Å². The lowest BCUT2D eigenvalue weighted by molar-refractivity contribution is 0.303. The van der Waals surface area contributed by atoms with E-state index in [4.69, 9.17) is 4.74 Å². The first-order valence-corrected chi connectivity index (χ1v) is 11.9. The Bertz CT molecular complexity index is 870. The maximum Gasteiger partial charge on any atom is 0.159 e. The van der Waals surface area contributed by atoms with Crippen molar-refractivity contribution in [3.05, 3.63) is 77.6 Å². The molecule has 31 heavy (non-hydrogen) atoms. The fourth-order valence-electron chi connectivity index (χ4n) is 3.66. The van der Waals surface area contributed by atoms with E-state index in [0.717, 1.165) is 29.8 Å². The van der Waals surface area contributed by atoms with Gasteiger partial charge in [0.05, 0.1) is 12.4 Å². The highest BCUT2D eigenvalue weighted by molar-refractivity contribution is 5.55. The summed E-state index contributed by atoms with van der Waals surface area (Å²) >= 11 is 0. The molecule has 0 spiro atoms. The molecule has 1 aromatic heterocycles. The van der Waals surface area contributed by atoms with Gasteiger partial charge in [-0.2, -0.15) is 0 Å². The predicted molar refractivity (Wildman–Crippen MR) is 129 cm³/mol. The van der Waals surface area contributed by atoms with Crippen LogP contribution in [-0.4, -0.2) is 9.97 Å². The van der Waals surface area contributed by atoms with Gasteiger partial charge in [0.25, 0.3) is 0 Å². The summed E-state index contributed by atoms with van der Waals surface area (Å²) in [5, 5.41) is 0. The first-order chi connectivity index (χ1) is 15.3. The Morgan fingerprint density at radius 2 is 1.13 bits per heavy atom. The maximum atomic E-state index is 5.88. The molecule has 0 atom stereocenters. The van der Waals surface area contributed by atoms with Gasteiger partial charge in [-0.3, -0.25) is 0 Å². The second kappa shape index (κ2) is 12.9. The van der Waals surface area contributed by atoms with Crippen molar-refractivity contribution < 1.29 is 4.74 Å². The minimum atomic E-state index is 0.532. The van der Waals surface area contributed by atoms with Crippen molar-refractivity contribution in [3.63, 3.8) is 0 Å². The van der Waals surface area contributed by atoms with Crippen LogP contribution >= 0.6 is 0 Å². The van der Waals surface area contributed by atoms with Gasteiger partial charge in [0.2, 0.25) is 0 Å². The summed E-state index contributed by atoms with van der Waals surface area (Å²) in [7, 11) is 0. The predicted octanol–water partition coefficient (Wildman–Crippen LogP) is 7.58. The number of benzene rings is 2. The van der Waals surface area contributed by atoms with Crippen molar-refractivity contribution >= 4 is 0 Å². The van der Waals surface area contributed by atoms with Gasteiger partial charge in [0.1, 0.15) is 6.61 Å². The second-order valence-electron chi connectivity index (χ2n) is 8.31. The highest BCUT2D eigenvalue weighted by atomic mass is 16.5. The van der Waals surface area contributed by atoms with E-state index in [9.17, 15) is 0 Å². The van der Waals surface area contributed by atoms with Crippen LogP contribution in [0, 0.1) is 0 Å². The smallest absolute Gasteiger partial charge is 0.159 e. The normalized spacial score (nSPS) is 10.9. The van der Waals surface area contributed by atoms with Crippen molar-refractivity contribution in [3.8, 4) is 17.1 Å². The molecule has 0 unspecified atom stereocenters. The molecule has 2 aromatic carbocycles. The molecule has 0 aliphatic rings. The van der Waals surface area contributed by atoms with Crippen LogP contribution in [0.5, 0.6) is 5.75 Å². The molecule has 0 aliphatic carbocycles. The molecule has 0 fully saturated rings. The van der Waals surface area contributed by atoms with Crippen LogP contribution in [0.2, 0.25) is 0 Å². The maximum absolute atomic E-state index is 5.88. The fraction of sp³-hybridized carbons (Fsp3) is 0.429. The number of nitrogens with zero attached hydrogens (tertiary/aromatic N) is 2. The quantitative estimate of drug-likeness (QED) is 0.269. The minimum absolute atomic E-state index is 0.532. The molecule has 0 N–H and O–H groups in total. The van der Waals surface area contributed by atoms with Gasteiger partial charge in [-0.1, -0.05) is 94.5 Å². The Morgan fingerprint density at radius 3 is 1.74 bits per heavy atom. The fourth-order valence-corrected chi connectivity index (χ4v) is 3.66. The monoisotopic (exact) mass is 416 g/mol. The Balaban J connectivity index is 1.47. The summed E-state index contributed by atoms with van der Waals surface area (Å²) < 4.78 is 5.88. The molecule has 3 heteroatoms. The van der Waals surface area contributed by atoms with Crippen LogP contribution in [0.15, 0.2) is 60.9 Å². The van der Waals surface area contributed by atoms with E-state index in [1.807, 2.05) is 0 Å². The van der Waals surface area contributed by atoms with E-state index in [1.54, 1.807) is 12.4 Å². The van der Waals surface area contributed by atoms with Crippen LogP contribution in [0.25, 0.3) is 11.4 Å². The van der Waals surface area contributed by atoms with E-state index in [-0.39, 0.29) is 0 Å². The molecule has 3 rings (SSSR count). The zero-order chi connectivity index (χ0) is 21.7. The molecule has 3 nitrogen and oxygen atoms in total. The summed E-state index contributed by atoms with van der Waals surface area (Å²) in [6.45, 7) is 5.02. The molecular weight excluding hydrogens is 380 g/mol. The standard InChI is InChI=1S/C28H36N2O/c1-3-5-7-9-11-24-16-18-26(19-17-24)28-29-20-27(21-30-28)31-22-25-14-12-23(13-15-25)10-8-6-4-2/h12-21H,3-11,22H2,1-2H3. The van der Waals surface area contributed by atoms with Crippen LogP contribution in [0.4, 0.5) is 0 Å². The summed E-state index contributed by atoms with van der Waals surface area (Å²) in [6, 6.07) is 17.4. The topological polar surface area (TPSA) is 35.0 Å². The number of hydrogen-bond acceptors (Lipinski definition) is 3. The number of rotatable bonds is 13. The van der Waals surface area contributed by atoms with E-state index in [1.165, 1.54) is 56.1 Å². The minimum Gasteiger partial charge on any atom is -0.486 e. The van der Waals surface area contributed by atoms with E-state index in [2.05, 4.69) is 72.3 Å². The number of hydrogen-bond donors (Lipinski definition) is 0. The van der Waals surface area contributed by atoms with Crippen LogP contribution in [-0.2, 0) is 19.4 Å². The Labute approximate surface area is 187 Å². The molecule has 0 saturated carbocycles. The zero-order valence-electron chi connectivity index (χ0n) is 19.1. The first kappa shape index (κ1) is 23.0.